The van der Waals surface area contributed by atoms with Gasteiger partial charge in [0.1, 0.15) is 11.5 Å². The van der Waals surface area contributed by atoms with Crippen molar-refractivity contribution in [2.45, 2.75) is 52.0 Å². The lowest BCUT2D eigenvalue weighted by Gasteiger charge is -2.21. The Kier molecular flexibility index (Phi) is 8.03. The molecule has 190 valence electrons. The number of ether oxygens (including phenoxy) is 2. The zero-order valence-corrected chi connectivity index (χ0v) is 20.7. The van der Waals surface area contributed by atoms with Gasteiger partial charge in [0.25, 0.3) is 0 Å². The number of anilines is 2. The van der Waals surface area contributed by atoms with Crippen LogP contribution in [0.1, 0.15) is 38.8 Å². The van der Waals surface area contributed by atoms with Crippen molar-refractivity contribution in [3.63, 3.8) is 0 Å². The van der Waals surface area contributed by atoms with Crippen molar-refractivity contribution in [2.24, 2.45) is 0 Å². The molecule has 0 saturated carbocycles. The second-order valence-electron chi connectivity index (χ2n) is 9.29. The van der Waals surface area contributed by atoms with Gasteiger partial charge in [-0.05, 0) is 93.4 Å². The number of aromatic nitrogens is 1. The molecule has 0 unspecified atom stereocenters. The Morgan fingerprint density at radius 1 is 0.722 bits per heavy atom. The molecular weight excluding hydrogens is 462 g/mol. The third-order valence-corrected chi connectivity index (χ3v) is 5.33. The van der Waals surface area contributed by atoms with Crippen LogP contribution in [0.5, 0.6) is 11.5 Å². The molecule has 0 fully saturated rings. The predicted octanol–water partition coefficient (Wildman–Crippen LogP) is 4.79. The first-order valence-corrected chi connectivity index (χ1v) is 11.4. The van der Waals surface area contributed by atoms with Gasteiger partial charge < -0.3 is 30.3 Å². The second-order valence-corrected chi connectivity index (χ2v) is 9.29. The van der Waals surface area contributed by atoms with Gasteiger partial charge in [0.05, 0.1) is 0 Å². The van der Waals surface area contributed by atoms with E-state index in [1.807, 2.05) is 30.3 Å². The molecule has 0 aliphatic carbocycles. The summed E-state index contributed by atoms with van der Waals surface area (Å²) in [6.07, 6.45) is 3.58. The van der Waals surface area contributed by atoms with Gasteiger partial charge in [0, 0.05) is 36.9 Å². The highest BCUT2D eigenvalue weighted by atomic mass is 16.5. The van der Waals surface area contributed by atoms with E-state index in [2.05, 4.69) is 15.6 Å². The Balaban J connectivity index is 1.51. The summed E-state index contributed by atoms with van der Waals surface area (Å²) in [7, 11) is 0. The van der Waals surface area contributed by atoms with Crippen LogP contribution in [0.3, 0.4) is 0 Å². The van der Waals surface area contributed by atoms with E-state index in [-0.39, 0.29) is 0 Å². The maximum atomic E-state index is 11.2. The monoisotopic (exact) mass is 493 g/mol. The van der Waals surface area contributed by atoms with Gasteiger partial charge >= 0.3 is 11.9 Å². The number of pyridine rings is 1. The normalized spacial score (nSPS) is 11.4. The Morgan fingerprint density at radius 2 is 1.08 bits per heavy atom. The summed E-state index contributed by atoms with van der Waals surface area (Å²) in [4.78, 5) is 26.7. The van der Waals surface area contributed by atoms with Crippen LogP contribution in [0.25, 0.3) is 0 Å². The van der Waals surface area contributed by atoms with Crippen LogP contribution >= 0.6 is 0 Å². The van der Waals surface area contributed by atoms with Crippen LogP contribution in [-0.2, 0) is 22.7 Å². The van der Waals surface area contributed by atoms with Crippen LogP contribution in [0, 0.1) is 0 Å². The predicted molar refractivity (Wildman–Crippen MR) is 136 cm³/mol. The van der Waals surface area contributed by atoms with Crippen molar-refractivity contribution in [2.75, 3.05) is 10.6 Å². The zero-order chi connectivity index (χ0) is 26.3. The molecule has 36 heavy (non-hydrogen) atoms. The summed E-state index contributed by atoms with van der Waals surface area (Å²) < 4.78 is 11.0. The number of carbonyl (C=O) groups is 2. The molecule has 0 bridgehead atoms. The summed E-state index contributed by atoms with van der Waals surface area (Å²) in [5.41, 5.74) is 1.13. The maximum Gasteiger partial charge on any atom is 0.347 e. The average molecular weight is 494 g/mol. The highest BCUT2D eigenvalue weighted by Gasteiger charge is 2.30. The van der Waals surface area contributed by atoms with Crippen molar-refractivity contribution < 1.29 is 29.3 Å². The standard InChI is InChI=1S/C27H31N3O6/c1-26(2,24(31)32)35-22-9-5-20(6-10-22)29-16-18-13-19(15-28-14-18)17-30-21-7-11-23(12-8-21)36-27(3,4)25(33)34/h5-15,29-30H,16-17H2,1-4H3,(H,31,32)(H,33,34). The number of nitrogens with zero attached hydrogens (tertiary/aromatic N) is 1. The van der Waals surface area contributed by atoms with Gasteiger partial charge in [0.15, 0.2) is 11.2 Å². The van der Waals surface area contributed by atoms with Crippen LogP contribution in [0.4, 0.5) is 11.4 Å². The fourth-order valence-corrected chi connectivity index (χ4v) is 3.10. The number of aliphatic carboxylic acids is 2. The molecule has 4 N–H and O–H groups in total. The van der Waals surface area contributed by atoms with E-state index in [9.17, 15) is 19.8 Å². The zero-order valence-electron chi connectivity index (χ0n) is 20.7. The smallest absolute Gasteiger partial charge is 0.347 e. The van der Waals surface area contributed by atoms with Crippen molar-refractivity contribution >= 4 is 23.3 Å². The molecule has 9 nitrogen and oxygen atoms in total. The maximum absolute atomic E-state index is 11.2. The van der Waals surface area contributed by atoms with Crippen molar-refractivity contribution in [1.29, 1.82) is 0 Å². The Hall–Kier alpha value is -4.27. The Morgan fingerprint density at radius 3 is 1.42 bits per heavy atom. The van der Waals surface area contributed by atoms with Gasteiger partial charge in [-0.1, -0.05) is 0 Å². The molecule has 0 spiro atoms. The molecule has 0 amide bonds. The lowest BCUT2D eigenvalue weighted by molar-refractivity contribution is -0.152. The van der Waals surface area contributed by atoms with Gasteiger partial charge in [-0.2, -0.15) is 0 Å². The fraction of sp³-hybridized carbons (Fsp3) is 0.296. The topological polar surface area (TPSA) is 130 Å². The number of hydrogen-bond acceptors (Lipinski definition) is 7. The highest BCUT2D eigenvalue weighted by Crippen LogP contribution is 2.23. The number of benzene rings is 2. The van der Waals surface area contributed by atoms with Crippen molar-refractivity contribution in [1.82, 2.24) is 4.98 Å². The molecule has 2 aromatic carbocycles. The molecule has 0 radical (unpaired) electrons. The molecule has 0 aliphatic heterocycles. The van der Waals surface area contributed by atoms with Crippen LogP contribution < -0.4 is 20.1 Å². The van der Waals surface area contributed by atoms with E-state index >= 15 is 0 Å². The molecule has 3 rings (SSSR count). The number of carboxylic acids is 2. The minimum absolute atomic E-state index is 0.480. The summed E-state index contributed by atoms with van der Waals surface area (Å²) in [5.74, 6) is -1.10. The molecule has 0 atom stereocenters. The van der Waals surface area contributed by atoms with Crippen molar-refractivity contribution in [3.05, 3.63) is 78.1 Å². The van der Waals surface area contributed by atoms with E-state index in [1.165, 1.54) is 27.7 Å². The molecular formula is C27H31N3O6. The largest absolute Gasteiger partial charge is 0.478 e. The quantitative estimate of drug-likeness (QED) is 0.281. The summed E-state index contributed by atoms with van der Waals surface area (Å²) >= 11 is 0. The van der Waals surface area contributed by atoms with Crippen LogP contribution in [0.15, 0.2) is 67.0 Å². The van der Waals surface area contributed by atoms with Crippen molar-refractivity contribution in [3.8, 4) is 11.5 Å². The van der Waals surface area contributed by atoms with Gasteiger partial charge in [-0.25, -0.2) is 9.59 Å². The van der Waals surface area contributed by atoms with E-state index in [4.69, 9.17) is 9.47 Å². The average Bonchev–Trinajstić information content (AvgIpc) is 2.83. The van der Waals surface area contributed by atoms with E-state index in [0.29, 0.717) is 24.6 Å². The molecule has 9 heteroatoms. The van der Waals surface area contributed by atoms with Gasteiger partial charge in [0.2, 0.25) is 0 Å². The summed E-state index contributed by atoms with van der Waals surface area (Å²) in [6, 6.07) is 16.3. The SMILES string of the molecule is CC(C)(Oc1ccc(NCc2cncc(CNc3ccc(OC(C)(C)C(=O)O)cc3)c2)cc1)C(=O)O. The number of nitrogens with one attached hydrogen (secondary N) is 2. The Bertz CT molecular complexity index is 1100. The first-order valence-electron chi connectivity index (χ1n) is 11.4. The Labute approximate surface area is 210 Å². The second kappa shape index (κ2) is 11.0. The highest BCUT2D eigenvalue weighted by molar-refractivity contribution is 5.77. The summed E-state index contributed by atoms with van der Waals surface area (Å²) in [5, 5.41) is 25.0. The van der Waals surface area contributed by atoms with E-state index in [0.717, 1.165) is 22.5 Å². The van der Waals surface area contributed by atoms with E-state index in [1.54, 1.807) is 36.7 Å². The molecule has 1 aromatic heterocycles. The van der Waals surface area contributed by atoms with Crippen LogP contribution in [0.2, 0.25) is 0 Å². The molecule has 1 heterocycles. The number of rotatable bonds is 12. The first-order chi connectivity index (χ1) is 16.9. The molecule has 0 aliphatic rings. The first kappa shape index (κ1) is 26.3. The lowest BCUT2D eigenvalue weighted by Crippen LogP contribution is -2.37. The van der Waals surface area contributed by atoms with E-state index < -0.39 is 23.1 Å². The minimum atomic E-state index is -1.30. The van der Waals surface area contributed by atoms with Gasteiger partial charge in [-0.3, -0.25) is 4.98 Å². The van der Waals surface area contributed by atoms with Crippen LogP contribution in [-0.4, -0.2) is 38.3 Å². The summed E-state index contributed by atoms with van der Waals surface area (Å²) in [6.45, 7) is 7.14. The lowest BCUT2D eigenvalue weighted by atomic mass is 10.1. The molecule has 0 saturated heterocycles. The number of hydrogen-bond donors (Lipinski definition) is 4. The minimum Gasteiger partial charge on any atom is -0.478 e. The fourth-order valence-electron chi connectivity index (χ4n) is 3.10. The van der Waals surface area contributed by atoms with Gasteiger partial charge in [-0.15, -0.1) is 0 Å². The third kappa shape index (κ3) is 7.36. The molecule has 3 aromatic rings. The number of carboxylic acid groups (broad SMARTS) is 2. The third-order valence-electron chi connectivity index (χ3n) is 5.33.